The Morgan fingerprint density at radius 1 is 1.47 bits per heavy atom. The second-order valence-electron chi connectivity index (χ2n) is 3.87. The van der Waals surface area contributed by atoms with Gasteiger partial charge in [0.25, 0.3) is 5.91 Å². The number of nitrogens with zero attached hydrogens (tertiary/aromatic N) is 2. The lowest BCUT2D eigenvalue weighted by molar-refractivity contribution is -0.121. The number of methoxy groups -OCH3 is 1. The average Bonchev–Trinajstić information content (AvgIpc) is 2.39. The Bertz CT molecular complexity index is 436. The fourth-order valence-corrected chi connectivity index (χ4v) is 1.47. The zero-order valence-electron chi connectivity index (χ0n) is 10.9. The molecule has 7 heteroatoms. The van der Waals surface area contributed by atoms with Gasteiger partial charge in [0, 0.05) is 26.9 Å². The van der Waals surface area contributed by atoms with Gasteiger partial charge in [0.15, 0.2) is 0 Å². The first-order valence-electron chi connectivity index (χ1n) is 5.67. The summed E-state index contributed by atoms with van der Waals surface area (Å²) >= 11 is 5.64. The molecule has 19 heavy (non-hydrogen) atoms. The third-order valence-electron chi connectivity index (χ3n) is 2.33. The summed E-state index contributed by atoms with van der Waals surface area (Å²) in [6.45, 7) is 0.829. The van der Waals surface area contributed by atoms with Crippen LogP contribution in [0.3, 0.4) is 0 Å². The topological polar surface area (TPSA) is 71.5 Å². The molecule has 0 saturated heterocycles. The van der Waals surface area contributed by atoms with Crippen molar-refractivity contribution in [2.24, 2.45) is 0 Å². The van der Waals surface area contributed by atoms with Gasteiger partial charge >= 0.3 is 0 Å². The minimum Gasteiger partial charge on any atom is -0.383 e. The first-order valence-corrected chi connectivity index (χ1v) is 6.05. The molecule has 0 spiro atoms. The van der Waals surface area contributed by atoms with E-state index in [0.717, 1.165) is 0 Å². The Labute approximate surface area is 116 Å². The molecule has 104 valence electrons. The van der Waals surface area contributed by atoms with E-state index in [2.05, 4.69) is 10.3 Å². The molecule has 0 aromatic carbocycles. The van der Waals surface area contributed by atoms with E-state index in [1.165, 1.54) is 17.2 Å². The molecule has 0 bridgehead atoms. The number of hydrogen-bond acceptors (Lipinski definition) is 4. The lowest BCUT2D eigenvalue weighted by Gasteiger charge is -2.16. The Kier molecular flexibility index (Phi) is 6.24. The maximum Gasteiger partial charge on any atom is 0.255 e. The highest BCUT2D eigenvalue weighted by molar-refractivity contribution is 6.29. The van der Waals surface area contributed by atoms with Crippen LogP contribution in [0.1, 0.15) is 10.4 Å². The number of amides is 2. The monoisotopic (exact) mass is 285 g/mol. The van der Waals surface area contributed by atoms with E-state index in [0.29, 0.717) is 23.9 Å². The molecule has 1 N–H and O–H groups in total. The molecule has 0 radical (unpaired) electrons. The number of rotatable bonds is 6. The maximum atomic E-state index is 12.0. The first kappa shape index (κ1) is 15.4. The van der Waals surface area contributed by atoms with Gasteiger partial charge in [-0.1, -0.05) is 11.6 Å². The fourth-order valence-electron chi connectivity index (χ4n) is 1.36. The summed E-state index contributed by atoms with van der Waals surface area (Å²) in [6, 6.07) is 3.10. The molecule has 0 saturated carbocycles. The Morgan fingerprint density at radius 3 is 2.79 bits per heavy atom. The van der Waals surface area contributed by atoms with Crippen molar-refractivity contribution in [2.45, 2.75) is 0 Å². The van der Waals surface area contributed by atoms with Crippen LogP contribution in [0.25, 0.3) is 0 Å². The summed E-state index contributed by atoms with van der Waals surface area (Å²) in [4.78, 5) is 28.6. The van der Waals surface area contributed by atoms with Gasteiger partial charge in [-0.3, -0.25) is 9.59 Å². The number of carbonyl (C=O) groups is 2. The predicted octanol–water partition coefficient (Wildman–Crippen LogP) is 0.570. The van der Waals surface area contributed by atoms with Gasteiger partial charge in [0.2, 0.25) is 5.91 Å². The van der Waals surface area contributed by atoms with Crippen molar-refractivity contribution in [1.29, 1.82) is 0 Å². The number of likely N-dealkylation sites (N-methyl/N-ethyl adjacent to an activating group) is 1. The van der Waals surface area contributed by atoms with Crippen LogP contribution in [0, 0.1) is 0 Å². The molecule has 0 aliphatic carbocycles. The molecule has 1 aromatic rings. The zero-order chi connectivity index (χ0) is 14.3. The van der Waals surface area contributed by atoms with E-state index < -0.39 is 0 Å². The lowest BCUT2D eigenvalue weighted by atomic mass is 10.2. The average molecular weight is 286 g/mol. The van der Waals surface area contributed by atoms with Gasteiger partial charge in [-0.25, -0.2) is 4.98 Å². The van der Waals surface area contributed by atoms with E-state index >= 15 is 0 Å². The van der Waals surface area contributed by atoms with Crippen molar-refractivity contribution in [2.75, 3.05) is 33.9 Å². The van der Waals surface area contributed by atoms with Crippen LogP contribution in [0.2, 0.25) is 5.15 Å². The second kappa shape index (κ2) is 7.70. The Morgan fingerprint density at radius 2 is 2.21 bits per heavy atom. The molecular formula is C12H16ClN3O3. The van der Waals surface area contributed by atoms with E-state index in [1.54, 1.807) is 20.2 Å². The van der Waals surface area contributed by atoms with Crippen LogP contribution >= 0.6 is 11.6 Å². The normalized spacial score (nSPS) is 10.1. The van der Waals surface area contributed by atoms with Gasteiger partial charge in [0.05, 0.1) is 18.7 Å². The molecule has 2 amide bonds. The predicted molar refractivity (Wildman–Crippen MR) is 71.1 cm³/mol. The van der Waals surface area contributed by atoms with Crippen LogP contribution in [0.4, 0.5) is 0 Å². The summed E-state index contributed by atoms with van der Waals surface area (Å²) in [7, 11) is 3.10. The van der Waals surface area contributed by atoms with Gasteiger partial charge in [-0.05, 0) is 12.1 Å². The molecule has 1 rings (SSSR count). The van der Waals surface area contributed by atoms with Crippen molar-refractivity contribution >= 4 is 23.4 Å². The van der Waals surface area contributed by atoms with E-state index in [1.807, 2.05) is 0 Å². The summed E-state index contributed by atoms with van der Waals surface area (Å²) in [5.41, 5.74) is 0.386. The number of aromatic nitrogens is 1. The molecule has 0 atom stereocenters. The minimum atomic E-state index is -0.286. The summed E-state index contributed by atoms with van der Waals surface area (Å²) < 4.78 is 4.81. The molecule has 0 aliphatic heterocycles. The van der Waals surface area contributed by atoms with Crippen molar-refractivity contribution in [1.82, 2.24) is 15.2 Å². The highest BCUT2D eigenvalue weighted by Gasteiger charge is 2.14. The third kappa shape index (κ3) is 5.23. The van der Waals surface area contributed by atoms with E-state index in [9.17, 15) is 9.59 Å². The van der Waals surface area contributed by atoms with E-state index in [-0.39, 0.29) is 18.4 Å². The van der Waals surface area contributed by atoms with Crippen molar-refractivity contribution in [3.63, 3.8) is 0 Å². The molecule has 0 unspecified atom stereocenters. The number of halogens is 1. The van der Waals surface area contributed by atoms with Crippen LogP contribution < -0.4 is 5.32 Å². The molecule has 1 aromatic heterocycles. The van der Waals surface area contributed by atoms with Gasteiger partial charge in [0.1, 0.15) is 5.15 Å². The zero-order valence-corrected chi connectivity index (χ0v) is 11.6. The lowest BCUT2D eigenvalue weighted by Crippen LogP contribution is -2.39. The van der Waals surface area contributed by atoms with Crippen LogP contribution in [0.5, 0.6) is 0 Å². The van der Waals surface area contributed by atoms with Crippen molar-refractivity contribution < 1.29 is 14.3 Å². The molecule has 1 heterocycles. The quantitative estimate of drug-likeness (QED) is 0.613. The number of carbonyl (C=O) groups excluding carboxylic acids is 2. The second-order valence-corrected chi connectivity index (χ2v) is 4.26. The number of nitrogens with one attached hydrogen (secondary N) is 1. The summed E-state index contributed by atoms with van der Waals surface area (Å²) in [6.07, 6.45) is 1.38. The molecule has 6 nitrogen and oxygen atoms in total. The standard InChI is InChI=1S/C12H16ClN3O3/c1-16(8-11(17)14-5-6-19-2)12(18)9-3-4-10(13)15-7-9/h3-4,7H,5-6,8H2,1-2H3,(H,14,17). The molecular weight excluding hydrogens is 270 g/mol. The first-order chi connectivity index (χ1) is 9.04. The maximum absolute atomic E-state index is 12.0. The number of ether oxygens (including phenoxy) is 1. The largest absolute Gasteiger partial charge is 0.383 e. The summed E-state index contributed by atoms with van der Waals surface area (Å²) in [5.74, 6) is -0.527. The molecule has 0 aliphatic rings. The van der Waals surface area contributed by atoms with Gasteiger partial charge in [-0.15, -0.1) is 0 Å². The highest BCUT2D eigenvalue weighted by atomic mass is 35.5. The van der Waals surface area contributed by atoms with Crippen LogP contribution in [0.15, 0.2) is 18.3 Å². The van der Waals surface area contributed by atoms with Crippen molar-refractivity contribution in [3.8, 4) is 0 Å². The minimum absolute atomic E-state index is 0.0226. The van der Waals surface area contributed by atoms with Crippen molar-refractivity contribution in [3.05, 3.63) is 29.0 Å². The number of pyridine rings is 1. The number of hydrogen-bond donors (Lipinski definition) is 1. The summed E-state index contributed by atoms with van der Waals surface area (Å²) in [5, 5.41) is 2.95. The fraction of sp³-hybridized carbons (Fsp3) is 0.417. The Hall–Kier alpha value is -1.66. The highest BCUT2D eigenvalue weighted by Crippen LogP contribution is 2.07. The van der Waals surface area contributed by atoms with Crippen LogP contribution in [-0.2, 0) is 9.53 Å². The smallest absolute Gasteiger partial charge is 0.255 e. The molecule has 0 fully saturated rings. The van der Waals surface area contributed by atoms with E-state index in [4.69, 9.17) is 16.3 Å². The third-order valence-corrected chi connectivity index (χ3v) is 2.55. The Balaban J connectivity index is 2.48. The van der Waals surface area contributed by atoms with Gasteiger partial charge in [-0.2, -0.15) is 0 Å². The SMILES string of the molecule is COCCNC(=O)CN(C)C(=O)c1ccc(Cl)nc1. The van der Waals surface area contributed by atoms with Gasteiger partial charge < -0.3 is 15.0 Å². The van der Waals surface area contributed by atoms with Crippen LogP contribution in [-0.4, -0.2) is 55.6 Å².